The van der Waals surface area contributed by atoms with Crippen molar-refractivity contribution < 1.29 is 14.6 Å². The van der Waals surface area contributed by atoms with Gasteiger partial charge < -0.3 is 14.6 Å². The second kappa shape index (κ2) is 9.61. The van der Waals surface area contributed by atoms with E-state index in [0.29, 0.717) is 5.75 Å². The van der Waals surface area contributed by atoms with Crippen LogP contribution in [-0.4, -0.2) is 19.3 Å². The van der Waals surface area contributed by atoms with E-state index in [0.717, 1.165) is 52.2 Å². The Kier molecular flexibility index (Phi) is 6.95. The minimum atomic E-state index is -1.05. The maximum absolute atomic E-state index is 11.2. The molecule has 0 saturated carbocycles. The average molecular weight is 394 g/mol. The highest BCUT2D eigenvalue weighted by molar-refractivity contribution is 7.80. The van der Waals surface area contributed by atoms with Gasteiger partial charge in [0, 0.05) is 5.30 Å². The molecule has 28 heavy (non-hydrogen) atoms. The molecule has 0 aliphatic carbocycles. The Hall–Kier alpha value is -2.51. The molecular weight excluding hydrogens is 367 g/mol. The smallest absolute Gasteiger partial charge is 0.130 e. The lowest BCUT2D eigenvalue weighted by Crippen LogP contribution is -2.24. The summed E-state index contributed by atoms with van der Waals surface area (Å²) < 4.78 is 11.4. The van der Waals surface area contributed by atoms with E-state index < -0.39 is 7.92 Å². The first kappa shape index (κ1) is 20.2. The average Bonchev–Trinajstić information content (AvgIpc) is 2.75. The maximum atomic E-state index is 11.2. The lowest BCUT2D eigenvalue weighted by atomic mass is 10.1. The number of hydrogen-bond acceptors (Lipinski definition) is 3. The molecule has 1 N–H and O–H groups in total. The highest BCUT2D eigenvalue weighted by atomic mass is 31.1. The highest BCUT2D eigenvalue weighted by Gasteiger charge is 2.27. The molecule has 3 aromatic rings. The number of methoxy groups -OCH3 is 2. The van der Waals surface area contributed by atoms with Gasteiger partial charge in [-0.2, -0.15) is 0 Å². The Labute approximate surface area is 168 Å². The first-order valence-electron chi connectivity index (χ1n) is 9.58. The van der Waals surface area contributed by atoms with Crippen molar-refractivity contribution in [2.45, 2.75) is 26.2 Å². The van der Waals surface area contributed by atoms with Crippen LogP contribution in [0.4, 0.5) is 0 Å². The van der Waals surface area contributed by atoms with Crippen molar-refractivity contribution in [2.24, 2.45) is 0 Å². The highest BCUT2D eigenvalue weighted by Crippen LogP contribution is 2.43. The summed E-state index contributed by atoms with van der Waals surface area (Å²) in [5.41, 5.74) is 0.997. The van der Waals surface area contributed by atoms with Crippen molar-refractivity contribution in [3.8, 4) is 17.2 Å². The fraction of sp³-hybridized carbons (Fsp3) is 0.250. The minimum Gasteiger partial charge on any atom is -0.507 e. The Morgan fingerprint density at radius 3 is 2.07 bits per heavy atom. The topological polar surface area (TPSA) is 38.7 Å². The predicted molar refractivity (Wildman–Crippen MR) is 119 cm³/mol. The third kappa shape index (κ3) is 4.15. The summed E-state index contributed by atoms with van der Waals surface area (Å²) in [6, 6.07) is 22.2. The molecule has 3 rings (SSSR count). The van der Waals surface area contributed by atoms with Gasteiger partial charge in [-0.15, -0.1) is 0 Å². The Morgan fingerprint density at radius 2 is 1.46 bits per heavy atom. The van der Waals surface area contributed by atoms with E-state index in [9.17, 15) is 5.11 Å². The molecular formula is C24H27O3P. The molecule has 1 atom stereocenters. The van der Waals surface area contributed by atoms with Gasteiger partial charge in [0.05, 0.1) is 19.5 Å². The number of aromatic hydroxyl groups is 1. The monoisotopic (exact) mass is 394 g/mol. The van der Waals surface area contributed by atoms with E-state index >= 15 is 0 Å². The molecule has 0 heterocycles. The van der Waals surface area contributed by atoms with Crippen molar-refractivity contribution in [1.82, 2.24) is 0 Å². The first-order chi connectivity index (χ1) is 13.7. The lowest BCUT2D eigenvalue weighted by Gasteiger charge is -2.25. The van der Waals surface area contributed by atoms with Gasteiger partial charge in [0.1, 0.15) is 17.2 Å². The van der Waals surface area contributed by atoms with Crippen molar-refractivity contribution in [3.05, 3.63) is 72.3 Å². The number of para-hydroxylation sites is 1. The van der Waals surface area contributed by atoms with Crippen LogP contribution < -0.4 is 25.4 Å². The van der Waals surface area contributed by atoms with Crippen LogP contribution in [0.5, 0.6) is 17.2 Å². The van der Waals surface area contributed by atoms with Gasteiger partial charge in [0.25, 0.3) is 0 Å². The molecule has 0 aliphatic rings. The van der Waals surface area contributed by atoms with Gasteiger partial charge >= 0.3 is 0 Å². The van der Waals surface area contributed by atoms with E-state index in [-0.39, 0.29) is 0 Å². The number of rotatable bonds is 8. The van der Waals surface area contributed by atoms with Gasteiger partial charge in [-0.1, -0.05) is 67.9 Å². The summed E-state index contributed by atoms with van der Waals surface area (Å²) in [4.78, 5) is 0. The fourth-order valence-corrected chi connectivity index (χ4v) is 5.96. The van der Waals surface area contributed by atoms with Crippen LogP contribution in [0.1, 0.15) is 25.3 Å². The van der Waals surface area contributed by atoms with Crippen LogP contribution in [-0.2, 0) is 6.42 Å². The zero-order chi connectivity index (χ0) is 19.9. The van der Waals surface area contributed by atoms with E-state index in [1.807, 2.05) is 54.6 Å². The van der Waals surface area contributed by atoms with Crippen molar-refractivity contribution in [2.75, 3.05) is 14.2 Å². The number of aryl methyl sites for hydroxylation is 1. The maximum Gasteiger partial charge on any atom is 0.130 e. The largest absolute Gasteiger partial charge is 0.507 e. The van der Waals surface area contributed by atoms with E-state index in [1.165, 1.54) is 0 Å². The number of hydrogen-bond donors (Lipinski definition) is 1. The zero-order valence-electron chi connectivity index (χ0n) is 16.7. The number of unbranched alkanes of at least 4 members (excludes halogenated alkanes) is 1. The molecule has 0 aliphatic heterocycles. The molecule has 4 heteroatoms. The molecule has 1 unspecified atom stereocenters. The molecule has 0 amide bonds. The van der Waals surface area contributed by atoms with Crippen molar-refractivity contribution in [1.29, 1.82) is 0 Å². The molecule has 0 saturated heterocycles. The number of phenols is 1. The van der Waals surface area contributed by atoms with Gasteiger partial charge in [-0.3, -0.25) is 0 Å². The number of phenolic OH excluding ortho intramolecular Hbond substituents is 1. The quantitative estimate of drug-likeness (QED) is 0.572. The molecule has 3 aromatic carbocycles. The summed E-state index contributed by atoms with van der Waals surface area (Å²) in [5, 5.41) is 14.2. The van der Waals surface area contributed by atoms with Crippen LogP contribution in [0.25, 0.3) is 0 Å². The SMILES string of the molecule is CCCCc1cccc(P(c2ccccc2)c2c(OC)cccc2OC)c1O. The molecule has 0 aromatic heterocycles. The van der Waals surface area contributed by atoms with Crippen molar-refractivity contribution in [3.63, 3.8) is 0 Å². The second-order valence-electron chi connectivity index (χ2n) is 6.57. The molecule has 146 valence electrons. The van der Waals surface area contributed by atoms with E-state index in [1.54, 1.807) is 14.2 Å². The molecule has 0 fully saturated rings. The molecule has 3 nitrogen and oxygen atoms in total. The van der Waals surface area contributed by atoms with E-state index in [4.69, 9.17) is 9.47 Å². The number of ether oxygens (including phenoxy) is 2. The molecule has 0 bridgehead atoms. The summed E-state index contributed by atoms with van der Waals surface area (Å²) in [7, 11) is 2.30. The van der Waals surface area contributed by atoms with Crippen LogP contribution in [0, 0.1) is 0 Å². The van der Waals surface area contributed by atoms with Crippen LogP contribution in [0.2, 0.25) is 0 Å². The zero-order valence-corrected chi connectivity index (χ0v) is 17.6. The van der Waals surface area contributed by atoms with Crippen LogP contribution in [0.3, 0.4) is 0 Å². The van der Waals surface area contributed by atoms with Crippen LogP contribution in [0.15, 0.2) is 66.7 Å². The van der Waals surface area contributed by atoms with Gasteiger partial charge in [-0.25, -0.2) is 0 Å². The lowest BCUT2D eigenvalue weighted by molar-refractivity contribution is 0.401. The summed E-state index contributed by atoms with van der Waals surface area (Å²) in [5.74, 6) is 1.93. The minimum absolute atomic E-state index is 0.388. The standard InChI is InChI=1S/C24H27O3P/c1-4-5-11-18-12-9-17-22(23(18)25)28(19-13-7-6-8-14-19)24-20(26-2)15-10-16-21(24)27-3/h6-10,12-17,25H,4-5,11H2,1-3H3. The summed E-state index contributed by atoms with van der Waals surface area (Å²) in [6.45, 7) is 2.16. The van der Waals surface area contributed by atoms with Gasteiger partial charge in [-0.05, 0) is 43.8 Å². The Morgan fingerprint density at radius 1 is 0.821 bits per heavy atom. The number of benzene rings is 3. The third-order valence-electron chi connectivity index (χ3n) is 4.78. The normalized spacial score (nSPS) is 11.8. The predicted octanol–water partition coefficient (Wildman–Crippen LogP) is 4.51. The third-order valence-corrected chi connectivity index (χ3v) is 7.32. The Bertz CT molecular complexity index is 887. The summed E-state index contributed by atoms with van der Waals surface area (Å²) in [6.07, 6.45) is 3.02. The van der Waals surface area contributed by atoms with Crippen LogP contribution >= 0.6 is 7.92 Å². The molecule has 0 spiro atoms. The van der Waals surface area contributed by atoms with Crippen molar-refractivity contribution >= 4 is 23.8 Å². The van der Waals surface area contributed by atoms with Gasteiger partial charge in [0.2, 0.25) is 0 Å². The molecule has 0 radical (unpaired) electrons. The summed E-state index contributed by atoms with van der Waals surface area (Å²) >= 11 is 0. The fourth-order valence-electron chi connectivity index (χ4n) is 3.34. The van der Waals surface area contributed by atoms with Gasteiger partial charge in [0.15, 0.2) is 0 Å². The second-order valence-corrected chi connectivity index (χ2v) is 8.69. The Balaban J connectivity index is 2.25. The van der Waals surface area contributed by atoms with E-state index in [2.05, 4.69) is 19.1 Å². The first-order valence-corrected chi connectivity index (χ1v) is 10.9.